The Bertz CT molecular complexity index is 897. The first-order chi connectivity index (χ1) is 13.9. The summed E-state index contributed by atoms with van der Waals surface area (Å²) in [6.45, 7) is 6.53. The van der Waals surface area contributed by atoms with Crippen molar-refractivity contribution in [3.05, 3.63) is 45.6 Å². The topological polar surface area (TPSA) is 36.4 Å². The number of pyridine rings is 1. The first-order valence-electron chi connectivity index (χ1n) is 10.4. The number of hydrogen-bond donors (Lipinski definition) is 1. The number of hydrogen-bond acceptors (Lipinski definition) is 4. The second-order valence-electron chi connectivity index (χ2n) is 8.53. The van der Waals surface area contributed by atoms with Crippen LogP contribution in [0.3, 0.4) is 0 Å². The van der Waals surface area contributed by atoms with Crippen LogP contribution >= 0.6 is 35.0 Å². The zero-order chi connectivity index (χ0) is 20.6. The van der Waals surface area contributed by atoms with Crippen molar-refractivity contribution < 1.29 is 5.11 Å². The van der Waals surface area contributed by atoms with Crippen LogP contribution in [0.2, 0.25) is 10.0 Å². The minimum absolute atomic E-state index is 0.0650. The third-order valence-electron chi connectivity index (χ3n) is 6.95. The minimum Gasteiger partial charge on any atom is -0.390 e. The summed E-state index contributed by atoms with van der Waals surface area (Å²) in [5, 5.41) is 12.0. The number of rotatable bonds is 4. The van der Waals surface area contributed by atoms with E-state index in [1.807, 2.05) is 12.1 Å². The summed E-state index contributed by atoms with van der Waals surface area (Å²) in [4.78, 5) is 8.10. The Kier molecular flexibility index (Phi) is 6.36. The third kappa shape index (κ3) is 4.14. The van der Waals surface area contributed by atoms with E-state index in [4.69, 9.17) is 28.2 Å². The van der Waals surface area contributed by atoms with Crippen molar-refractivity contribution in [1.29, 1.82) is 0 Å². The molecule has 3 nitrogen and oxygen atoms in total. The quantitative estimate of drug-likeness (QED) is 0.558. The normalized spacial score (nSPS) is 21.1. The molecule has 1 saturated heterocycles. The fourth-order valence-electron chi connectivity index (χ4n) is 5.03. The van der Waals surface area contributed by atoms with Crippen LogP contribution in [-0.4, -0.2) is 23.2 Å². The number of benzene rings is 1. The molecule has 4 rings (SSSR count). The second kappa shape index (κ2) is 8.66. The summed E-state index contributed by atoms with van der Waals surface area (Å²) < 4.78 is 0. The lowest BCUT2D eigenvalue weighted by atomic mass is 9.71. The van der Waals surface area contributed by atoms with Gasteiger partial charge in [0.2, 0.25) is 0 Å². The molecule has 2 heterocycles. The van der Waals surface area contributed by atoms with Gasteiger partial charge in [-0.15, -0.1) is 0 Å². The molecule has 2 aliphatic rings. The van der Waals surface area contributed by atoms with E-state index in [9.17, 15) is 5.11 Å². The number of aromatic nitrogens is 1. The number of aliphatic hydroxyl groups excluding tert-OH is 1. The summed E-state index contributed by atoms with van der Waals surface area (Å²) in [5.74, 6) is 0.836. The lowest BCUT2D eigenvalue weighted by Gasteiger charge is -2.43. The Balaban J connectivity index is 1.56. The molecule has 0 radical (unpaired) electrons. The van der Waals surface area contributed by atoms with E-state index in [-0.39, 0.29) is 6.61 Å². The molecule has 1 saturated carbocycles. The van der Waals surface area contributed by atoms with Crippen LogP contribution in [0.4, 0.5) is 5.69 Å². The molecular weight excluding hydrogens is 423 g/mol. The van der Waals surface area contributed by atoms with Crippen LogP contribution in [0.5, 0.6) is 0 Å². The van der Waals surface area contributed by atoms with Crippen molar-refractivity contribution in [2.24, 2.45) is 11.3 Å². The van der Waals surface area contributed by atoms with Crippen molar-refractivity contribution in [3.8, 4) is 0 Å². The van der Waals surface area contributed by atoms with Gasteiger partial charge >= 0.3 is 0 Å². The van der Waals surface area contributed by atoms with Gasteiger partial charge in [-0.25, -0.2) is 4.98 Å². The van der Waals surface area contributed by atoms with Gasteiger partial charge in [0.15, 0.2) is 0 Å². The Morgan fingerprint density at radius 3 is 2.66 bits per heavy atom. The maximum absolute atomic E-state index is 10.0. The van der Waals surface area contributed by atoms with Crippen LogP contribution < -0.4 is 4.90 Å². The highest BCUT2D eigenvalue weighted by Crippen LogP contribution is 2.51. The average Bonchev–Trinajstić information content (AvgIpc) is 3.07. The molecular formula is C23H28Cl2N2OS. The highest BCUT2D eigenvalue weighted by atomic mass is 35.5. The predicted molar refractivity (Wildman–Crippen MR) is 122 cm³/mol. The molecule has 6 heteroatoms. The van der Waals surface area contributed by atoms with Gasteiger partial charge in [0.25, 0.3) is 0 Å². The fourth-order valence-corrected chi connectivity index (χ4v) is 6.43. The van der Waals surface area contributed by atoms with Gasteiger partial charge in [-0.3, -0.25) is 0 Å². The van der Waals surface area contributed by atoms with E-state index >= 15 is 0 Å². The lowest BCUT2D eigenvalue weighted by Crippen LogP contribution is -2.41. The minimum atomic E-state index is -0.0650. The molecule has 1 aliphatic heterocycles. The van der Waals surface area contributed by atoms with Crippen molar-refractivity contribution in [1.82, 2.24) is 4.98 Å². The Labute approximate surface area is 187 Å². The number of anilines is 1. The summed E-state index contributed by atoms with van der Waals surface area (Å²) >= 11 is 14.0. The largest absolute Gasteiger partial charge is 0.390 e. The Morgan fingerprint density at radius 2 is 2.00 bits per heavy atom. The van der Waals surface area contributed by atoms with E-state index in [1.165, 1.54) is 43.9 Å². The highest BCUT2D eigenvalue weighted by Gasteiger charge is 2.42. The van der Waals surface area contributed by atoms with Gasteiger partial charge in [-0.1, -0.05) is 60.8 Å². The molecule has 1 N–H and O–H groups in total. The van der Waals surface area contributed by atoms with E-state index in [2.05, 4.69) is 24.8 Å². The fraction of sp³-hybridized carbons (Fsp3) is 0.522. The standard InChI is InChI=1S/C23H28Cl2N2OS/c1-15-13-19(27-11-9-23(10-12-27)8-4-5-16(23)2)18(14-28)26-22(15)29-20-7-3-6-17(24)21(20)25/h3,6-7,13,16,28H,4-5,8-12,14H2,1-2H3/t16-/m1/s1. The van der Waals surface area contributed by atoms with Crippen LogP contribution in [0.25, 0.3) is 0 Å². The molecule has 2 aromatic rings. The van der Waals surface area contributed by atoms with Crippen molar-refractivity contribution in [3.63, 3.8) is 0 Å². The van der Waals surface area contributed by atoms with Gasteiger partial charge in [0.1, 0.15) is 5.03 Å². The number of nitrogens with zero attached hydrogens (tertiary/aromatic N) is 2. The van der Waals surface area contributed by atoms with Crippen LogP contribution in [0.15, 0.2) is 34.2 Å². The summed E-state index contributed by atoms with van der Waals surface area (Å²) in [6.07, 6.45) is 6.61. The highest BCUT2D eigenvalue weighted by molar-refractivity contribution is 7.99. The number of piperidine rings is 1. The first-order valence-corrected chi connectivity index (χ1v) is 12.0. The zero-order valence-corrected chi connectivity index (χ0v) is 19.4. The second-order valence-corrected chi connectivity index (χ2v) is 10.3. The van der Waals surface area contributed by atoms with Gasteiger partial charge < -0.3 is 10.0 Å². The number of aryl methyl sites for hydroxylation is 1. The third-order valence-corrected chi connectivity index (χ3v) is 9.05. The van der Waals surface area contributed by atoms with Gasteiger partial charge in [0, 0.05) is 18.0 Å². The molecule has 1 aromatic heterocycles. The number of aliphatic hydroxyl groups is 1. The maximum Gasteiger partial charge on any atom is 0.104 e. The monoisotopic (exact) mass is 450 g/mol. The molecule has 0 amide bonds. The molecule has 2 fully saturated rings. The average molecular weight is 451 g/mol. The predicted octanol–water partition coefficient (Wildman–Crippen LogP) is 6.75. The Morgan fingerprint density at radius 1 is 1.24 bits per heavy atom. The number of halogens is 2. The van der Waals surface area contributed by atoms with Crippen molar-refractivity contribution in [2.75, 3.05) is 18.0 Å². The molecule has 0 unspecified atom stereocenters. The van der Waals surface area contributed by atoms with E-state index in [0.29, 0.717) is 15.5 Å². The molecule has 156 valence electrons. The van der Waals surface area contributed by atoms with E-state index in [1.54, 1.807) is 6.07 Å². The first kappa shape index (κ1) is 21.3. The van der Waals surface area contributed by atoms with Gasteiger partial charge in [0.05, 0.1) is 28.0 Å². The van der Waals surface area contributed by atoms with E-state index < -0.39 is 0 Å². The maximum atomic E-state index is 10.0. The van der Waals surface area contributed by atoms with Crippen molar-refractivity contribution in [2.45, 2.75) is 62.5 Å². The van der Waals surface area contributed by atoms with Crippen molar-refractivity contribution >= 4 is 40.7 Å². The molecule has 0 bridgehead atoms. The molecule has 1 atom stereocenters. The van der Waals surface area contributed by atoms with Crippen LogP contribution in [-0.2, 0) is 6.61 Å². The van der Waals surface area contributed by atoms with Crippen LogP contribution in [0, 0.1) is 18.3 Å². The molecule has 1 aromatic carbocycles. The lowest BCUT2D eigenvalue weighted by molar-refractivity contribution is 0.161. The van der Waals surface area contributed by atoms with Gasteiger partial charge in [-0.05, 0) is 61.3 Å². The van der Waals surface area contributed by atoms with Crippen LogP contribution in [0.1, 0.15) is 50.3 Å². The summed E-state index contributed by atoms with van der Waals surface area (Å²) in [6, 6.07) is 7.79. The Hall–Kier alpha value is -0.940. The van der Waals surface area contributed by atoms with Gasteiger partial charge in [-0.2, -0.15) is 0 Å². The molecule has 1 spiro atoms. The SMILES string of the molecule is Cc1cc(N2CCC3(CCC[C@H]3C)CC2)c(CO)nc1Sc1cccc(Cl)c1Cl. The summed E-state index contributed by atoms with van der Waals surface area (Å²) in [7, 11) is 0. The smallest absolute Gasteiger partial charge is 0.104 e. The van der Waals surface area contributed by atoms with E-state index in [0.717, 1.165) is 45.9 Å². The molecule has 29 heavy (non-hydrogen) atoms. The zero-order valence-electron chi connectivity index (χ0n) is 17.0. The summed E-state index contributed by atoms with van der Waals surface area (Å²) in [5.41, 5.74) is 3.45. The molecule has 1 aliphatic carbocycles.